The van der Waals surface area contributed by atoms with E-state index in [-0.39, 0.29) is 10.9 Å². The SMILES string of the molecule is Cc1ccc(Cl)cc1S(=O)(=O)N(C)C1CCN(c2ccccn2)CC1. The molecule has 1 fully saturated rings. The minimum Gasteiger partial charge on any atom is -0.357 e. The standard InChI is InChI=1S/C18H22ClN3O2S/c1-14-6-7-15(19)13-17(14)25(23,24)21(2)16-8-11-22(12-9-16)18-5-3-4-10-20-18/h3-7,10,13,16H,8-9,11-12H2,1-2H3. The van der Waals surface area contributed by atoms with Crippen molar-refractivity contribution in [2.24, 2.45) is 0 Å². The van der Waals surface area contributed by atoms with E-state index in [0.717, 1.165) is 31.7 Å². The van der Waals surface area contributed by atoms with Crippen LogP contribution in [0, 0.1) is 6.92 Å². The van der Waals surface area contributed by atoms with Gasteiger partial charge in [0, 0.05) is 37.4 Å². The van der Waals surface area contributed by atoms with Crippen LogP contribution in [0.2, 0.25) is 5.02 Å². The maximum atomic E-state index is 13.0. The van der Waals surface area contributed by atoms with Gasteiger partial charge in [-0.25, -0.2) is 13.4 Å². The van der Waals surface area contributed by atoms with E-state index in [0.29, 0.717) is 10.6 Å². The Hall–Kier alpha value is -1.63. The minimum absolute atomic E-state index is 0.0247. The Morgan fingerprint density at radius 2 is 1.92 bits per heavy atom. The number of halogens is 1. The number of sulfonamides is 1. The third-order valence-corrected chi connectivity index (χ3v) is 7.05. The van der Waals surface area contributed by atoms with Crippen LogP contribution in [0.25, 0.3) is 0 Å². The maximum Gasteiger partial charge on any atom is 0.243 e. The third kappa shape index (κ3) is 3.81. The first-order chi connectivity index (χ1) is 11.9. The highest BCUT2D eigenvalue weighted by Gasteiger charge is 2.32. The van der Waals surface area contributed by atoms with Crippen molar-refractivity contribution in [3.63, 3.8) is 0 Å². The van der Waals surface area contributed by atoms with Gasteiger partial charge in [-0.15, -0.1) is 0 Å². The quantitative estimate of drug-likeness (QED) is 0.817. The van der Waals surface area contributed by atoms with Crippen LogP contribution in [0.4, 0.5) is 5.82 Å². The lowest BCUT2D eigenvalue weighted by Crippen LogP contribution is -2.45. The van der Waals surface area contributed by atoms with Crippen LogP contribution in [0.3, 0.4) is 0 Å². The highest BCUT2D eigenvalue weighted by Crippen LogP contribution is 2.27. The van der Waals surface area contributed by atoms with Gasteiger partial charge in [-0.3, -0.25) is 0 Å². The monoisotopic (exact) mass is 379 g/mol. The zero-order valence-corrected chi connectivity index (χ0v) is 16.0. The zero-order chi connectivity index (χ0) is 18.0. The molecule has 0 radical (unpaired) electrons. The Kier molecular flexibility index (Phi) is 5.32. The topological polar surface area (TPSA) is 53.5 Å². The van der Waals surface area contributed by atoms with Crippen molar-refractivity contribution in [2.45, 2.75) is 30.7 Å². The van der Waals surface area contributed by atoms with Crippen LogP contribution in [0.15, 0.2) is 47.5 Å². The van der Waals surface area contributed by atoms with Crippen molar-refractivity contribution in [2.75, 3.05) is 25.0 Å². The summed E-state index contributed by atoms with van der Waals surface area (Å²) in [4.78, 5) is 6.85. The molecule has 25 heavy (non-hydrogen) atoms. The van der Waals surface area contributed by atoms with Crippen molar-refractivity contribution in [3.8, 4) is 0 Å². The van der Waals surface area contributed by atoms with E-state index in [1.807, 2.05) is 18.2 Å². The molecule has 2 aromatic rings. The molecule has 134 valence electrons. The number of hydrogen-bond donors (Lipinski definition) is 0. The second kappa shape index (κ2) is 7.32. The van der Waals surface area contributed by atoms with E-state index in [9.17, 15) is 8.42 Å². The molecule has 0 bridgehead atoms. The van der Waals surface area contributed by atoms with Crippen molar-refractivity contribution in [1.82, 2.24) is 9.29 Å². The van der Waals surface area contributed by atoms with Gasteiger partial charge in [-0.05, 0) is 49.6 Å². The summed E-state index contributed by atoms with van der Waals surface area (Å²) in [6.07, 6.45) is 3.32. The van der Waals surface area contributed by atoms with E-state index in [2.05, 4.69) is 9.88 Å². The Morgan fingerprint density at radius 3 is 2.56 bits per heavy atom. The number of pyridine rings is 1. The van der Waals surface area contributed by atoms with Gasteiger partial charge in [-0.2, -0.15) is 4.31 Å². The molecule has 1 saturated heterocycles. The third-order valence-electron chi connectivity index (χ3n) is 4.76. The van der Waals surface area contributed by atoms with Crippen LogP contribution in [-0.4, -0.2) is 43.9 Å². The molecule has 0 aliphatic carbocycles. The summed E-state index contributed by atoms with van der Waals surface area (Å²) < 4.78 is 27.5. The molecule has 2 heterocycles. The molecule has 0 unspecified atom stereocenters. The first kappa shape index (κ1) is 18.2. The predicted molar refractivity (Wildman–Crippen MR) is 101 cm³/mol. The van der Waals surface area contributed by atoms with Gasteiger partial charge in [0.1, 0.15) is 5.82 Å². The average molecular weight is 380 g/mol. The van der Waals surface area contributed by atoms with E-state index in [1.165, 1.54) is 10.4 Å². The van der Waals surface area contributed by atoms with Gasteiger partial charge in [0.2, 0.25) is 10.0 Å². The molecule has 0 spiro atoms. The fourth-order valence-electron chi connectivity index (χ4n) is 3.20. The number of aromatic nitrogens is 1. The minimum atomic E-state index is -3.56. The smallest absolute Gasteiger partial charge is 0.243 e. The van der Waals surface area contributed by atoms with E-state index in [4.69, 9.17) is 11.6 Å². The highest BCUT2D eigenvalue weighted by atomic mass is 35.5. The van der Waals surface area contributed by atoms with E-state index < -0.39 is 10.0 Å². The van der Waals surface area contributed by atoms with Crippen LogP contribution >= 0.6 is 11.6 Å². The number of hydrogen-bond acceptors (Lipinski definition) is 4. The first-order valence-electron chi connectivity index (χ1n) is 8.30. The molecule has 1 aromatic carbocycles. The molecule has 5 nitrogen and oxygen atoms in total. The van der Waals surface area contributed by atoms with Gasteiger partial charge in [0.15, 0.2) is 0 Å². The first-order valence-corrected chi connectivity index (χ1v) is 10.1. The molecular weight excluding hydrogens is 358 g/mol. The number of nitrogens with zero attached hydrogens (tertiary/aromatic N) is 3. The largest absolute Gasteiger partial charge is 0.357 e. The lowest BCUT2D eigenvalue weighted by Gasteiger charge is -2.36. The predicted octanol–water partition coefficient (Wildman–Crippen LogP) is 3.33. The maximum absolute atomic E-state index is 13.0. The lowest BCUT2D eigenvalue weighted by atomic mass is 10.1. The Balaban J connectivity index is 1.74. The van der Waals surface area contributed by atoms with Crippen LogP contribution in [0.1, 0.15) is 18.4 Å². The summed E-state index contributed by atoms with van der Waals surface area (Å²) in [5.41, 5.74) is 0.710. The molecular formula is C18H22ClN3O2S. The molecule has 0 N–H and O–H groups in total. The van der Waals surface area contributed by atoms with E-state index in [1.54, 1.807) is 32.3 Å². The summed E-state index contributed by atoms with van der Waals surface area (Å²) in [6, 6.07) is 10.8. The Morgan fingerprint density at radius 1 is 1.20 bits per heavy atom. The molecule has 0 atom stereocenters. The molecule has 1 aliphatic rings. The number of rotatable bonds is 4. The van der Waals surface area contributed by atoms with Crippen LogP contribution in [0.5, 0.6) is 0 Å². The van der Waals surface area contributed by atoms with E-state index >= 15 is 0 Å². The fraction of sp³-hybridized carbons (Fsp3) is 0.389. The summed E-state index contributed by atoms with van der Waals surface area (Å²) in [7, 11) is -1.90. The van der Waals surface area contributed by atoms with Crippen molar-refractivity contribution in [3.05, 3.63) is 53.2 Å². The summed E-state index contributed by atoms with van der Waals surface area (Å²) in [5.74, 6) is 0.942. The molecule has 0 amide bonds. The zero-order valence-electron chi connectivity index (χ0n) is 14.4. The number of anilines is 1. The van der Waals surface area contributed by atoms with Gasteiger partial charge in [-0.1, -0.05) is 23.7 Å². The Bertz CT molecular complexity index is 835. The second-order valence-electron chi connectivity index (χ2n) is 6.34. The molecule has 0 saturated carbocycles. The number of piperidine rings is 1. The van der Waals surface area contributed by atoms with Gasteiger partial charge < -0.3 is 4.90 Å². The second-order valence-corrected chi connectivity index (χ2v) is 8.74. The summed E-state index contributed by atoms with van der Waals surface area (Å²) in [5, 5.41) is 0.433. The number of benzene rings is 1. The lowest BCUT2D eigenvalue weighted by molar-refractivity contribution is 0.311. The normalized spacial score (nSPS) is 16.4. The molecule has 3 rings (SSSR count). The average Bonchev–Trinajstić information content (AvgIpc) is 2.64. The van der Waals surface area contributed by atoms with Crippen LogP contribution < -0.4 is 4.90 Å². The van der Waals surface area contributed by atoms with Crippen molar-refractivity contribution >= 4 is 27.4 Å². The van der Waals surface area contributed by atoms with Gasteiger partial charge in [0.05, 0.1) is 4.90 Å². The number of aryl methyl sites for hydroxylation is 1. The highest BCUT2D eigenvalue weighted by molar-refractivity contribution is 7.89. The van der Waals surface area contributed by atoms with Crippen molar-refractivity contribution in [1.29, 1.82) is 0 Å². The Labute approximate surface area is 154 Å². The molecule has 1 aliphatic heterocycles. The van der Waals surface area contributed by atoms with Crippen molar-refractivity contribution < 1.29 is 8.42 Å². The summed E-state index contributed by atoms with van der Waals surface area (Å²) in [6.45, 7) is 3.37. The van der Waals surface area contributed by atoms with Gasteiger partial charge >= 0.3 is 0 Å². The van der Waals surface area contributed by atoms with Crippen LogP contribution in [-0.2, 0) is 10.0 Å². The fourth-order valence-corrected chi connectivity index (χ4v) is 5.10. The molecule has 7 heteroatoms. The van der Waals surface area contributed by atoms with Gasteiger partial charge in [0.25, 0.3) is 0 Å². The molecule has 1 aromatic heterocycles. The summed E-state index contributed by atoms with van der Waals surface area (Å²) >= 11 is 6.00.